The minimum Gasteiger partial charge on any atom is -0.482 e. The van der Waals surface area contributed by atoms with Crippen molar-refractivity contribution in [2.75, 3.05) is 13.7 Å². The second kappa shape index (κ2) is 10.5. The van der Waals surface area contributed by atoms with Crippen molar-refractivity contribution in [3.63, 3.8) is 0 Å². The van der Waals surface area contributed by atoms with Crippen molar-refractivity contribution in [2.24, 2.45) is 0 Å². The Morgan fingerprint density at radius 1 is 1.11 bits per heavy atom. The van der Waals surface area contributed by atoms with Crippen molar-refractivity contribution < 1.29 is 36.2 Å². The minimum atomic E-state index is -4.50. The molecule has 0 bridgehead atoms. The van der Waals surface area contributed by atoms with Crippen LogP contribution in [0.25, 0.3) is 11.1 Å². The maximum atomic E-state index is 13.5. The molecule has 1 aromatic heterocycles. The summed E-state index contributed by atoms with van der Waals surface area (Å²) in [6, 6.07) is 12.1. The molecule has 3 aromatic rings. The molecule has 11 heteroatoms. The van der Waals surface area contributed by atoms with E-state index in [2.05, 4.69) is 4.98 Å². The Morgan fingerprint density at radius 2 is 1.86 bits per heavy atom. The number of aliphatic carboxylic acids is 1. The minimum absolute atomic E-state index is 0.227. The zero-order valence-electron chi connectivity index (χ0n) is 19.9. The number of carboxylic acids is 1. The van der Waals surface area contributed by atoms with Crippen molar-refractivity contribution in [1.82, 2.24) is 9.29 Å². The molecule has 0 aliphatic heterocycles. The molecule has 0 spiro atoms. The van der Waals surface area contributed by atoms with Crippen LogP contribution >= 0.6 is 0 Å². The number of hydrogen-bond donors (Lipinski definition) is 1. The Morgan fingerprint density at radius 3 is 2.54 bits per heavy atom. The summed E-state index contributed by atoms with van der Waals surface area (Å²) in [4.78, 5) is 15.1. The summed E-state index contributed by atoms with van der Waals surface area (Å²) in [7, 11) is -2.60. The van der Waals surface area contributed by atoms with Gasteiger partial charge in [-0.2, -0.15) is 17.5 Å². The maximum absolute atomic E-state index is 13.5. The van der Waals surface area contributed by atoms with Gasteiger partial charge in [0, 0.05) is 18.8 Å². The second-order valence-electron chi connectivity index (χ2n) is 8.75. The third kappa shape index (κ3) is 5.78. The monoisotopic (exact) mass is 534 g/mol. The van der Waals surface area contributed by atoms with Crippen LogP contribution in [0.4, 0.5) is 13.2 Å². The fourth-order valence-corrected chi connectivity index (χ4v) is 5.78. The normalized spacial score (nSPS) is 16.2. The largest absolute Gasteiger partial charge is 0.482 e. The van der Waals surface area contributed by atoms with Gasteiger partial charge in [-0.15, -0.1) is 0 Å². The highest BCUT2D eigenvalue weighted by Gasteiger charge is 2.33. The molecule has 1 aliphatic rings. The van der Waals surface area contributed by atoms with E-state index < -0.39 is 40.4 Å². The van der Waals surface area contributed by atoms with Crippen LogP contribution in [-0.2, 0) is 27.4 Å². The van der Waals surface area contributed by atoms with Gasteiger partial charge < -0.3 is 9.84 Å². The first-order valence-corrected chi connectivity index (χ1v) is 13.0. The van der Waals surface area contributed by atoms with Gasteiger partial charge in [0.25, 0.3) is 10.0 Å². The highest BCUT2D eigenvalue weighted by molar-refractivity contribution is 7.89. The summed E-state index contributed by atoms with van der Waals surface area (Å²) in [5, 5.41) is 8.75. The van der Waals surface area contributed by atoms with Crippen LogP contribution in [0.15, 0.2) is 65.8 Å². The van der Waals surface area contributed by atoms with Gasteiger partial charge in [-0.05, 0) is 66.3 Å². The molecular weight excluding hydrogens is 509 g/mol. The number of fused-ring (bicyclic) bond motifs is 1. The smallest absolute Gasteiger partial charge is 0.416 e. The Balaban J connectivity index is 1.63. The number of carbonyl (C=O) groups is 1. The van der Waals surface area contributed by atoms with Crippen LogP contribution in [0.5, 0.6) is 5.75 Å². The lowest BCUT2D eigenvalue weighted by molar-refractivity contribution is -0.139. The molecule has 1 heterocycles. The number of ether oxygens (including phenoxy) is 1. The highest BCUT2D eigenvalue weighted by atomic mass is 32.2. The van der Waals surface area contributed by atoms with E-state index in [4.69, 9.17) is 9.84 Å². The van der Waals surface area contributed by atoms with Gasteiger partial charge in [0.05, 0.1) is 11.6 Å². The van der Waals surface area contributed by atoms with Gasteiger partial charge >= 0.3 is 12.1 Å². The molecule has 1 atom stereocenters. The molecule has 0 saturated carbocycles. The number of hydrogen-bond acceptors (Lipinski definition) is 5. The zero-order chi connectivity index (χ0) is 26.8. The average Bonchev–Trinajstić information content (AvgIpc) is 3.09. The summed E-state index contributed by atoms with van der Waals surface area (Å²) >= 11 is 0. The van der Waals surface area contributed by atoms with Gasteiger partial charge in [0.2, 0.25) is 0 Å². The van der Waals surface area contributed by atoms with Gasteiger partial charge in [-0.3, -0.25) is 0 Å². The Hall–Kier alpha value is -3.44. The van der Waals surface area contributed by atoms with Gasteiger partial charge in [-0.25, -0.2) is 18.2 Å². The Kier molecular flexibility index (Phi) is 7.56. The van der Waals surface area contributed by atoms with Crippen LogP contribution in [0, 0.1) is 0 Å². The molecule has 1 N–H and O–H groups in total. The molecule has 1 aliphatic carbocycles. The lowest BCUT2D eigenvalue weighted by Gasteiger charge is -2.28. The first-order chi connectivity index (χ1) is 17.5. The lowest BCUT2D eigenvalue weighted by atomic mass is 9.98. The highest BCUT2D eigenvalue weighted by Crippen LogP contribution is 2.39. The lowest BCUT2D eigenvalue weighted by Crippen LogP contribution is -2.32. The van der Waals surface area contributed by atoms with E-state index in [-0.39, 0.29) is 10.6 Å². The predicted molar refractivity (Wildman–Crippen MR) is 129 cm³/mol. The number of pyridine rings is 1. The SMILES string of the molecule is CN(C1CCCCc2c(OCC(=O)O)cccc21)S(=O)(=O)c1ccc(-c2cccc(C(F)(F)F)c2)cn1. The number of alkyl halides is 3. The Labute approximate surface area is 212 Å². The second-order valence-corrected chi connectivity index (χ2v) is 10.7. The number of halogens is 3. The fraction of sp³-hybridized carbons (Fsp3) is 0.308. The van der Waals surface area contributed by atoms with E-state index in [1.807, 2.05) is 6.07 Å². The third-order valence-electron chi connectivity index (χ3n) is 6.38. The van der Waals surface area contributed by atoms with Crippen molar-refractivity contribution in [2.45, 2.75) is 42.9 Å². The van der Waals surface area contributed by atoms with Gasteiger partial charge in [0.1, 0.15) is 5.75 Å². The van der Waals surface area contributed by atoms with Crippen LogP contribution in [0.1, 0.15) is 42.0 Å². The predicted octanol–water partition coefficient (Wildman–Crippen LogP) is 5.32. The fourth-order valence-electron chi connectivity index (χ4n) is 4.50. The van der Waals surface area contributed by atoms with Crippen molar-refractivity contribution in [3.05, 3.63) is 77.5 Å². The topological polar surface area (TPSA) is 96.8 Å². The van der Waals surface area contributed by atoms with E-state index in [9.17, 15) is 26.4 Å². The number of rotatable bonds is 7. The Bertz CT molecular complexity index is 1390. The van der Waals surface area contributed by atoms with Crippen molar-refractivity contribution >= 4 is 16.0 Å². The van der Waals surface area contributed by atoms with E-state index in [1.54, 1.807) is 12.1 Å². The van der Waals surface area contributed by atoms with Gasteiger partial charge in [0.15, 0.2) is 11.6 Å². The molecule has 0 radical (unpaired) electrons. The summed E-state index contributed by atoms with van der Waals surface area (Å²) in [5.41, 5.74) is 1.34. The summed E-state index contributed by atoms with van der Waals surface area (Å²) in [6.07, 6.45) is -0.542. The molecule has 0 amide bonds. The number of benzene rings is 2. The number of carboxylic acid groups (broad SMARTS) is 1. The first-order valence-electron chi connectivity index (χ1n) is 11.6. The molecule has 7 nitrogen and oxygen atoms in total. The van der Waals surface area contributed by atoms with E-state index in [0.717, 1.165) is 36.1 Å². The van der Waals surface area contributed by atoms with Crippen LogP contribution in [-0.4, -0.2) is 42.4 Å². The molecule has 1 unspecified atom stereocenters. The summed E-state index contributed by atoms with van der Waals surface area (Å²) < 4.78 is 72.9. The summed E-state index contributed by atoms with van der Waals surface area (Å²) in [5.74, 6) is -0.691. The maximum Gasteiger partial charge on any atom is 0.416 e. The number of sulfonamides is 1. The molecule has 37 heavy (non-hydrogen) atoms. The van der Waals surface area contributed by atoms with E-state index in [0.29, 0.717) is 24.2 Å². The molecule has 196 valence electrons. The molecule has 4 rings (SSSR count). The van der Waals surface area contributed by atoms with Crippen LogP contribution in [0.2, 0.25) is 0 Å². The molecule has 0 fully saturated rings. The molecule has 0 saturated heterocycles. The zero-order valence-corrected chi connectivity index (χ0v) is 20.7. The van der Waals surface area contributed by atoms with Crippen molar-refractivity contribution in [3.8, 4) is 16.9 Å². The van der Waals surface area contributed by atoms with Crippen LogP contribution < -0.4 is 4.74 Å². The first kappa shape index (κ1) is 26.6. The standard InChI is InChI=1S/C26H25F3N2O5S/c1-31(22-10-3-2-8-21-20(22)9-5-11-23(21)36-16-25(32)33)37(34,35)24-13-12-18(15-30-24)17-6-4-7-19(14-17)26(27,28)29/h4-7,9,11-15,22H,2-3,8,10,16H2,1H3,(H,32,33). The average molecular weight is 535 g/mol. The van der Waals surface area contributed by atoms with Crippen LogP contribution in [0.3, 0.4) is 0 Å². The number of aromatic nitrogens is 1. The quantitative estimate of drug-likeness (QED) is 0.412. The molecule has 2 aromatic carbocycles. The number of nitrogens with zero attached hydrogens (tertiary/aromatic N) is 2. The van der Waals surface area contributed by atoms with E-state index >= 15 is 0 Å². The summed E-state index contributed by atoms with van der Waals surface area (Å²) in [6.45, 7) is -0.503. The van der Waals surface area contributed by atoms with Crippen molar-refractivity contribution in [1.29, 1.82) is 0 Å². The van der Waals surface area contributed by atoms with E-state index in [1.165, 1.54) is 41.8 Å². The third-order valence-corrected chi connectivity index (χ3v) is 8.16. The molecular formula is C26H25F3N2O5S. The van der Waals surface area contributed by atoms with Gasteiger partial charge in [-0.1, -0.05) is 30.7 Å².